The molecule has 0 saturated heterocycles. The molecule has 0 fully saturated rings. The molecule has 3 aromatic rings. The van der Waals surface area contributed by atoms with Crippen molar-refractivity contribution in [1.29, 1.82) is 0 Å². The number of alkyl halides is 3. The molecule has 0 aromatic heterocycles. The molecule has 0 unspecified atom stereocenters. The van der Waals surface area contributed by atoms with Crippen LogP contribution in [0, 0.1) is 20.2 Å². The molecule has 162 valence electrons. The topological polar surface area (TPSA) is 98.3 Å². The Morgan fingerprint density at radius 3 is 2.32 bits per heavy atom. The van der Waals surface area contributed by atoms with E-state index in [0.717, 1.165) is 12.0 Å². The normalized spacial score (nSPS) is 11.5. The number of rotatable bonds is 5. The summed E-state index contributed by atoms with van der Waals surface area (Å²) in [4.78, 5) is 20.3. The first kappa shape index (κ1) is 22.8. The zero-order chi connectivity index (χ0) is 23.1. The van der Waals surface area contributed by atoms with Crippen molar-refractivity contribution in [2.75, 3.05) is 5.32 Å². The molecule has 0 aliphatic heterocycles. The minimum absolute atomic E-state index is 0.130. The molecular weight excluding hydrogens is 507 g/mol. The summed E-state index contributed by atoms with van der Waals surface area (Å²) in [6.45, 7) is 1.94. The van der Waals surface area contributed by atoms with E-state index in [1.807, 2.05) is 13.0 Å². The highest BCUT2D eigenvalue weighted by Crippen LogP contribution is 2.49. The second kappa shape index (κ2) is 8.31. The molecule has 0 aliphatic carbocycles. The molecule has 1 N–H and O–H groups in total. The van der Waals surface area contributed by atoms with E-state index in [1.54, 1.807) is 18.2 Å². The number of halogens is 5. The summed E-state index contributed by atoms with van der Waals surface area (Å²) in [5.41, 5.74) is -3.89. The van der Waals surface area contributed by atoms with Crippen LogP contribution in [0.2, 0.25) is 5.02 Å². The Balaban J connectivity index is 2.34. The lowest BCUT2D eigenvalue weighted by Gasteiger charge is -2.17. The fourth-order valence-corrected chi connectivity index (χ4v) is 3.89. The Hall–Kier alpha value is -2.92. The van der Waals surface area contributed by atoms with E-state index in [1.165, 1.54) is 6.07 Å². The number of anilines is 2. The first-order valence-electron chi connectivity index (χ1n) is 8.65. The van der Waals surface area contributed by atoms with Crippen LogP contribution in [0.5, 0.6) is 0 Å². The Labute approximate surface area is 186 Å². The van der Waals surface area contributed by atoms with Gasteiger partial charge in [-0.15, -0.1) is 0 Å². The zero-order valence-electron chi connectivity index (χ0n) is 15.6. The summed E-state index contributed by atoms with van der Waals surface area (Å²) in [6, 6.07) is 8.69. The van der Waals surface area contributed by atoms with Crippen LogP contribution in [-0.2, 0) is 12.6 Å². The highest BCUT2D eigenvalue weighted by atomic mass is 79.9. The number of hydrogen-bond acceptors (Lipinski definition) is 5. The van der Waals surface area contributed by atoms with Crippen molar-refractivity contribution in [2.45, 2.75) is 19.5 Å². The number of aryl methyl sites for hydroxylation is 1. The Morgan fingerprint density at radius 1 is 1.10 bits per heavy atom. The summed E-state index contributed by atoms with van der Waals surface area (Å²) >= 11 is 9.06. The van der Waals surface area contributed by atoms with Gasteiger partial charge in [0, 0.05) is 21.6 Å². The third-order valence-electron chi connectivity index (χ3n) is 4.55. The van der Waals surface area contributed by atoms with Gasteiger partial charge in [-0.1, -0.05) is 52.7 Å². The van der Waals surface area contributed by atoms with E-state index < -0.39 is 43.7 Å². The summed E-state index contributed by atoms with van der Waals surface area (Å²) in [5, 5.41) is 25.3. The zero-order valence-corrected chi connectivity index (χ0v) is 17.9. The number of nitro benzene ring substituents is 2. The van der Waals surface area contributed by atoms with Gasteiger partial charge in [-0.25, -0.2) is 0 Å². The smallest absolute Gasteiger partial charge is 0.349 e. The first-order valence-corrected chi connectivity index (χ1v) is 9.82. The Morgan fingerprint density at radius 2 is 1.77 bits per heavy atom. The van der Waals surface area contributed by atoms with Crippen LogP contribution in [0.3, 0.4) is 0 Å². The van der Waals surface area contributed by atoms with Crippen molar-refractivity contribution in [2.24, 2.45) is 0 Å². The lowest BCUT2D eigenvalue weighted by molar-refractivity contribution is -0.393. The van der Waals surface area contributed by atoms with E-state index in [9.17, 15) is 33.4 Å². The molecule has 3 rings (SSSR count). The molecule has 12 heteroatoms. The van der Waals surface area contributed by atoms with Gasteiger partial charge in [0.05, 0.1) is 15.4 Å². The van der Waals surface area contributed by atoms with Gasteiger partial charge in [0.2, 0.25) is 0 Å². The predicted molar refractivity (Wildman–Crippen MR) is 114 cm³/mol. The van der Waals surface area contributed by atoms with Gasteiger partial charge in [0.25, 0.3) is 5.69 Å². The van der Waals surface area contributed by atoms with E-state index in [-0.39, 0.29) is 11.8 Å². The van der Waals surface area contributed by atoms with E-state index in [4.69, 9.17) is 11.6 Å². The number of hydrogen-bond donors (Lipinski definition) is 1. The maximum atomic E-state index is 13.7. The molecule has 3 aromatic carbocycles. The van der Waals surface area contributed by atoms with Crippen LogP contribution >= 0.6 is 27.5 Å². The third-order valence-corrected chi connectivity index (χ3v) is 5.38. The minimum Gasteiger partial charge on any atom is -0.349 e. The molecule has 7 nitrogen and oxygen atoms in total. The molecule has 0 radical (unpaired) electrons. The number of nitrogens with zero attached hydrogens (tertiary/aromatic N) is 2. The van der Waals surface area contributed by atoms with Crippen molar-refractivity contribution < 1.29 is 23.0 Å². The molecular formula is C19H12BrClF3N3O4. The van der Waals surface area contributed by atoms with Gasteiger partial charge >= 0.3 is 11.9 Å². The predicted octanol–water partition coefficient (Wildman–Crippen LogP) is 7.40. The highest BCUT2D eigenvalue weighted by molar-refractivity contribution is 9.10. The molecule has 0 saturated carbocycles. The quantitative estimate of drug-likeness (QED) is 0.280. The van der Waals surface area contributed by atoms with Crippen molar-refractivity contribution in [1.82, 2.24) is 0 Å². The number of benzene rings is 3. The van der Waals surface area contributed by atoms with Gasteiger partial charge in [-0.3, -0.25) is 20.2 Å². The molecule has 31 heavy (non-hydrogen) atoms. The molecule has 0 spiro atoms. The SMILES string of the molecule is CCc1ccc2c(Nc3c(C(F)(F)F)cc([N+](=O)[O-])c(Cl)c3[N+](=O)[O-])cc(Br)cc2c1. The van der Waals surface area contributed by atoms with Gasteiger partial charge in [-0.05, 0) is 29.5 Å². The van der Waals surface area contributed by atoms with E-state index >= 15 is 0 Å². The van der Waals surface area contributed by atoms with Crippen molar-refractivity contribution in [3.05, 3.63) is 77.2 Å². The molecule has 0 amide bonds. The summed E-state index contributed by atoms with van der Waals surface area (Å²) < 4.78 is 41.7. The van der Waals surface area contributed by atoms with Crippen LogP contribution in [0.4, 0.5) is 35.9 Å². The van der Waals surface area contributed by atoms with Crippen molar-refractivity contribution >= 4 is 61.1 Å². The number of fused-ring (bicyclic) bond motifs is 1. The number of nitrogens with one attached hydrogen (secondary N) is 1. The molecule has 0 heterocycles. The average molecular weight is 519 g/mol. The Bertz CT molecular complexity index is 1230. The maximum Gasteiger partial charge on any atom is 0.418 e. The average Bonchev–Trinajstić information content (AvgIpc) is 2.65. The van der Waals surface area contributed by atoms with E-state index in [2.05, 4.69) is 21.2 Å². The van der Waals surface area contributed by atoms with Crippen molar-refractivity contribution in [3.63, 3.8) is 0 Å². The lowest BCUT2D eigenvalue weighted by atomic mass is 10.0. The molecule has 0 aliphatic rings. The van der Waals surface area contributed by atoms with Gasteiger partial charge in [0.1, 0.15) is 5.69 Å². The van der Waals surface area contributed by atoms with Gasteiger partial charge in [-0.2, -0.15) is 13.2 Å². The van der Waals surface area contributed by atoms with Gasteiger partial charge < -0.3 is 5.32 Å². The van der Waals surface area contributed by atoms with Crippen LogP contribution in [0.25, 0.3) is 10.8 Å². The van der Waals surface area contributed by atoms with Crippen LogP contribution in [0.1, 0.15) is 18.1 Å². The standard InChI is InChI=1S/C19H12BrClF3N3O4/c1-2-9-3-4-12-10(5-9)6-11(20)7-14(12)25-17-13(19(22,23)24)8-15(26(28)29)16(21)18(17)27(30)31/h3-8,25H,2H2,1H3. The van der Waals surface area contributed by atoms with Crippen molar-refractivity contribution in [3.8, 4) is 0 Å². The third kappa shape index (κ3) is 4.42. The van der Waals surface area contributed by atoms with Crippen LogP contribution in [-0.4, -0.2) is 9.85 Å². The van der Waals surface area contributed by atoms with E-state index in [0.29, 0.717) is 15.2 Å². The lowest BCUT2D eigenvalue weighted by Crippen LogP contribution is -2.12. The summed E-state index contributed by atoms with van der Waals surface area (Å²) in [6.07, 6.45) is -4.40. The van der Waals surface area contributed by atoms with Crippen LogP contribution in [0.15, 0.2) is 40.9 Å². The summed E-state index contributed by atoms with van der Waals surface area (Å²) in [7, 11) is 0. The number of nitro groups is 2. The fraction of sp³-hybridized carbons (Fsp3) is 0.158. The second-order valence-electron chi connectivity index (χ2n) is 6.48. The minimum atomic E-state index is -5.13. The highest BCUT2D eigenvalue weighted by Gasteiger charge is 2.42. The Kier molecular flexibility index (Phi) is 6.10. The second-order valence-corrected chi connectivity index (χ2v) is 7.77. The fourth-order valence-electron chi connectivity index (χ4n) is 3.13. The van der Waals surface area contributed by atoms with Gasteiger partial charge in [0.15, 0.2) is 5.02 Å². The maximum absolute atomic E-state index is 13.7. The first-order chi connectivity index (χ1) is 14.4. The monoisotopic (exact) mass is 517 g/mol. The summed E-state index contributed by atoms with van der Waals surface area (Å²) in [5.74, 6) is 0. The van der Waals surface area contributed by atoms with Crippen LogP contribution < -0.4 is 5.32 Å². The largest absolute Gasteiger partial charge is 0.418 e. The molecule has 0 bridgehead atoms. The molecule has 0 atom stereocenters.